The number of carbonyl (C=O) groups excluding carboxylic acids is 1. The van der Waals surface area contributed by atoms with E-state index in [4.69, 9.17) is 17.3 Å². The van der Waals surface area contributed by atoms with Gasteiger partial charge in [-0.15, -0.1) is 0 Å². The fourth-order valence-electron chi connectivity index (χ4n) is 2.28. The number of pyridine rings is 1. The highest BCUT2D eigenvalue weighted by molar-refractivity contribution is 6.31. The van der Waals surface area contributed by atoms with Gasteiger partial charge in [0.05, 0.1) is 22.6 Å². The summed E-state index contributed by atoms with van der Waals surface area (Å²) in [6, 6.07) is 5.26. The van der Waals surface area contributed by atoms with Crippen molar-refractivity contribution in [2.75, 3.05) is 10.2 Å². The van der Waals surface area contributed by atoms with E-state index in [-0.39, 0.29) is 10.6 Å². The van der Waals surface area contributed by atoms with Gasteiger partial charge >= 0.3 is 6.03 Å². The van der Waals surface area contributed by atoms with Crippen LogP contribution in [0.25, 0.3) is 0 Å². The summed E-state index contributed by atoms with van der Waals surface area (Å²) in [6.07, 6.45) is 2.28. The van der Waals surface area contributed by atoms with Crippen LogP contribution in [0.4, 0.5) is 20.6 Å². The van der Waals surface area contributed by atoms with Crippen LogP contribution in [-0.4, -0.2) is 11.0 Å². The Balaban J connectivity index is 2.14. The summed E-state index contributed by atoms with van der Waals surface area (Å²) in [5, 5.41) is 3.22. The fraction of sp³-hybridized carbons (Fsp3) is 0.0769. The number of amides is 2. The van der Waals surface area contributed by atoms with Crippen LogP contribution in [0, 0.1) is 5.82 Å². The van der Waals surface area contributed by atoms with Gasteiger partial charge in [0, 0.05) is 11.8 Å². The number of rotatable bonds is 1. The molecule has 1 unspecified atom stereocenters. The maximum absolute atomic E-state index is 14.0. The highest BCUT2D eigenvalue weighted by atomic mass is 35.5. The Morgan fingerprint density at radius 1 is 1.45 bits per heavy atom. The van der Waals surface area contributed by atoms with Crippen LogP contribution >= 0.6 is 11.6 Å². The average molecular weight is 293 g/mol. The van der Waals surface area contributed by atoms with Crippen molar-refractivity contribution in [1.82, 2.24) is 4.98 Å². The zero-order valence-corrected chi connectivity index (χ0v) is 10.9. The first-order valence-electron chi connectivity index (χ1n) is 5.82. The average Bonchev–Trinajstić information content (AvgIpc) is 2.77. The number of carbonyl (C=O) groups is 1. The first-order valence-corrected chi connectivity index (χ1v) is 6.20. The van der Waals surface area contributed by atoms with Gasteiger partial charge in [-0.3, -0.25) is 9.88 Å². The molecule has 0 spiro atoms. The van der Waals surface area contributed by atoms with Gasteiger partial charge in [0.1, 0.15) is 12.0 Å². The van der Waals surface area contributed by atoms with Crippen molar-refractivity contribution in [3.05, 3.63) is 53.1 Å². The number of halogens is 2. The van der Waals surface area contributed by atoms with E-state index in [1.54, 1.807) is 18.3 Å². The molecule has 3 rings (SSSR count). The molecule has 7 heteroatoms. The molecule has 0 fully saturated rings. The van der Waals surface area contributed by atoms with E-state index in [0.717, 1.165) is 0 Å². The Morgan fingerprint density at radius 3 is 2.95 bits per heavy atom. The van der Waals surface area contributed by atoms with Crippen molar-refractivity contribution >= 4 is 29.0 Å². The number of hydrogen-bond acceptors (Lipinski definition) is 3. The molecule has 20 heavy (non-hydrogen) atoms. The van der Waals surface area contributed by atoms with E-state index in [9.17, 15) is 9.18 Å². The number of fused-ring (bicyclic) bond motifs is 1. The Morgan fingerprint density at radius 2 is 2.25 bits per heavy atom. The Bertz CT molecular complexity index is 674. The summed E-state index contributed by atoms with van der Waals surface area (Å²) in [4.78, 5) is 16.9. The molecule has 1 aromatic heterocycles. The van der Waals surface area contributed by atoms with E-state index in [2.05, 4.69) is 10.3 Å². The minimum absolute atomic E-state index is 0.171. The first-order chi connectivity index (χ1) is 9.59. The van der Waals surface area contributed by atoms with Gasteiger partial charge in [0.25, 0.3) is 0 Å². The van der Waals surface area contributed by atoms with Gasteiger partial charge in [-0.25, -0.2) is 9.18 Å². The van der Waals surface area contributed by atoms with Gasteiger partial charge in [0.15, 0.2) is 0 Å². The molecule has 1 atom stereocenters. The zero-order valence-electron chi connectivity index (χ0n) is 10.2. The molecule has 0 radical (unpaired) electrons. The molecular weight excluding hydrogens is 283 g/mol. The third kappa shape index (κ3) is 1.85. The summed E-state index contributed by atoms with van der Waals surface area (Å²) in [7, 11) is 0. The normalized spacial score (nSPS) is 16.7. The summed E-state index contributed by atoms with van der Waals surface area (Å²) >= 11 is 6.05. The molecule has 0 bridgehead atoms. The number of hydrogen-bond donors (Lipinski definition) is 2. The standard InChI is InChI=1S/C13H10ClFN4O/c14-7-2-1-3-8(15)11(7)12-18-9-6-17-5-4-10(9)19(12)13(16)20/h1-6,12,18H,(H2,16,20). The highest BCUT2D eigenvalue weighted by Gasteiger charge is 2.36. The summed E-state index contributed by atoms with van der Waals surface area (Å²) in [6.45, 7) is 0. The maximum atomic E-state index is 14.0. The molecule has 2 heterocycles. The number of anilines is 2. The van der Waals surface area contributed by atoms with Crippen LogP contribution in [0.5, 0.6) is 0 Å². The van der Waals surface area contributed by atoms with Gasteiger partial charge in [0.2, 0.25) is 0 Å². The number of nitrogens with two attached hydrogens (primary N) is 1. The van der Waals surface area contributed by atoms with Crippen LogP contribution in [0.2, 0.25) is 5.02 Å². The van der Waals surface area contributed by atoms with Crippen molar-refractivity contribution in [2.24, 2.45) is 5.73 Å². The minimum atomic E-state index is -0.791. The molecule has 3 N–H and O–H groups in total. The SMILES string of the molecule is NC(=O)N1c2ccncc2NC1c1c(F)cccc1Cl. The van der Waals surface area contributed by atoms with E-state index in [1.807, 2.05) is 0 Å². The fourth-order valence-corrected chi connectivity index (χ4v) is 2.54. The molecule has 0 saturated heterocycles. The molecule has 102 valence electrons. The third-order valence-electron chi connectivity index (χ3n) is 3.12. The monoisotopic (exact) mass is 292 g/mol. The van der Waals surface area contributed by atoms with Crippen molar-refractivity contribution < 1.29 is 9.18 Å². The van der Waals surface area contributed by atoms with E-state index in [1.165, 1.54) is 23.2 Å². The van der Waals surface area contributed by atoms with E-state index >= 15 is 0 Å². The van der Waals surface area contributed by atoms with Gasteiger partial charge in [-0.1, -0.05) is 17.7 Å². The lowest BCUT2D eigenvalue weighted by atomic mass is 10.1. The second-order valence-corrected chi connectivity index (χ2v) is 4.69. The van der Waals surface area contributed by atoms with Crippen LogP contribution in [-0.2, 0) is 0 Å². The number of urea groups is 1. The lowest BCUT2D eigenvalue weighted by Gasteiger charge is -2.24. The molecule has 1 aliphatic rings. The zero-order chi connectivity index (χ0) is 14.3. The van der Waals surface area contributed by atoms with Crippen LogP contribution in [0.1, 0.15) is 11.7 Å². The van der Waals surface area contributed by atoms with E-state index < -0.39 is 18.0 Å². The minimum Gasteiger partial charge on any atom is -0.358 e. The Labute approximate surface area is 119 Å². The molecule has 5 nitrogen and oxygen atoms in total. The van der Waals surface area contributed by atoms with Crippen molar-refractivity contribution in [1.29, 1.82) is 0 Å². The number of primary amides is 1. The topological polar surface area (TPSA) is 71.2 Å². The molecule has 0 aliphatic carbocycles. The Kier molecular flexibility index (Phi) is 2.94. The predicted molar refractivity (Wildman–Crippen MR) is 74.1 cm³/mol. The summed E-state index contributed by atoms with van der Waals surface area (Å²) in [5.74, 6) is -0.512. The van der Waals surface area contributed by atoms with Crippen molar-refractivity contribution in [3.63, 3.8) is 0 Å². The molecule has 2 aromatic rings. The van der Waals surface area contributed by atoms with Crippen LogP contribution < -0.4 is 16.0 Å². The second-order valence-electron chi connectivity index (χ2n) is 4.28. The molecular formula is C13H10ClFN4O. The molecule has 2 amide bonds. The predicted octanol–water partition coefficient (Wildman–Crippen LogP) is 2.88. The van der Waals surface area contributed by atoms with Gasteiger partial charge < -0.3 is 11.1 Å². The number of aromatic nitrogens is 1. The molecule has 1 aliphatic heterocycles. The molecule has 0 saturated carbocycles. The smallest absolute Gasteiger partial charge is 0.321 e. The maximum Gasteiger partial charge on any atom is 0.321 e. The van der Waals surface area contributed by atoms with Crippen molar-refractivity contribution in [2.45, 2.75) is 6.17 Å². The lowest BCUT2D eigenvalue weighted by molar-refractivity contribution is 0.252. The van der Waals surface area contributed by atoms with Gasteiger partial charge in [-0.2, -0.15) is 0 Å². The summed E-state index contributed by atoms with van der Waals surface area (Å²) < 4.78 is 14.0. The van der Waals surface area contributed by atoms with Crippen molar-refractivity contribution in [3.8, 4) is 0 Å². The lowest BCUT2D eigenvalue weighted by Crippen LogP contribution is -2.38. The summed E-state index contributed by atoms with van der Waals surface area (Å²) in [5.41, 5.74) is 6.70. The quantitative estimate of drug-likeness (QED) is 0.849. The number of nitrogens with zero attached hydrogens (tertiary/aromatic N) is 2. The van der Waals surface area contributed by atoms with Crippen LogP contribution in [0.3, 0.4) is 0 Å². The number of nitrogens with one attached hydrogen (secondary N) is 1. The van der Waals surface area contributed by atoms with E-state index in [0.29, 0.717) is 11.4 Å². The second kappa shape index (κ2) is 4.64. The van der Waals surface area contributed by atoms with Crippen LogP contribution in [0.15, 0.2) is 36.7 Å². The highest BCUT2D eigenvalue weighted by Crippen LogP contribution is 2.42. The molecule has 1 aromatic carbocycles. The Hall–Kier alpha value is -2.34. The first kappa shape index (κ1) is 12.7. The third-order valence-corrected chi connectivity index (χ3v) is 3.45. The largest absolute Gasteiger partial charge is 0.358 e. The van der Waals surface area contributed by atoms with Gasteiger partial charge in [-0.05, 0) is 18.2 Å². The number of benzene rings is 1.